The second-order valence-corrected chi connectivity index (χ2v) is 6.96. The Balaban J connectivity index is 2.89. The van der Waals surface area contributed by atoms with Crippen LogP contribution < -0.4 is 0 Å². The number of Topliss-reactive ketones (excluding diaryl/α,β-unsaturated/α-hetero) is 1. The predicted molar refractivity (Wildman–Crippen MR) is 84.6 cm³/mol. The number of hydrogen-bond acceptors (Lipinski definition) is 6. The lowest BCUT2D eigenvalue weighted by Crippen LogP contribution is -2.31. The summed E-state index contributed by atoms with van der Waals surface area (Å²) in [7, 11) is 0. The summed E-state index contributed by atoms with van der Waals surface area (Å²) in [6.45, 7) is 9.30. The molecule has 22 heavy (non-hydrogen) atoms. The molecule has 1 heterocycles. The Hall–Kier alpha value is -1.74. The number of thiazole rings is 1. The monoisotopic (exact) mass is 322 g/mol. The van der Waals surface area contributed by atoms with Crippen molar-refractivity contribution in [3.05, 3.63) is 16.1 Å². The van der Waals surface area contributed by atoms with E-state index in [9.17, 15) is 14.9 Å². The van der Waals surface area contributed by atoms with E-state index >= 15 is 0 Å². The summed E-state index contributed by atoms with van der Waals surface area (Å²) in [5.74, 6) is -1.41. The van der Waals surface area contributed by atoms with Crippen molar-refractivity contribution in [3.63, 3.8) is 0 Å². The quantitative estimate of drug-likeness (QED) is 0.719. The fourth-order valence-corrected chi connectivity index (χ4v) is 2.94. The van der Waals surface area contributed by atoms with Crippen molar-refractivity contribution in [3.8, 4) is 6.07 Å². The normalized spacial score (nSPS) is 12.8. The molecule has 0 aromatic carbocycles. The van der Waals surface area contributed by atoms with Gasteiger partial charge in [-0.1, -0.05) is 13.8 Å². The van der Waals surface area contributed by atoms with Crippen molar-refractivity contribution in [2.24, 2.45) is 5.41 Å². The number of nitrogens with zero attached hydrogens (tertiary/aromatic N) is 2. The first-order valence-electron chi connectivity index (χ1n) is 7.27. The van der Waals surface area contributed by atoms with Crippen LogP contribution in [0.4, 0.5) is 0 Å². The molecular weight excluding hydrogens is 300 g/mol. The average molecular weight is 322 g/mol. The lowest BCUT2D eigenvalue weighted by molar-refractivity contribution is -0.155. The van der Waals surface area contributed by atoms with Crippen molar-refractivity contribution in [1.82, 2.24) is 4.98 Å². The zero-order valence-corrected chi connectivity index (χ0v) is 14.5. The summed E-state index contributed by atoms with van der Waals surface area (Å²) in [5, 5.41) is 11.7. The molecule has 6 heteroatoms. The minimum atomic E-state index is -0.944. The fourth-order valence-electron chi connectivity index (χ4n) is 1.90. The first-order chi connectivity index (χ1) is 10.2. The Kier molecular flexibility index (Phi) is 6.24. The van der Waals surface area contributed by atoms with Gasteiger partial charge in [0.1, 0.15) is 5.01 Å². The second-order valence-electron chi connectivity index (χ2n) is 6.07. The van der Waals surface area contributed by atoms with Crippen LogP contribution in [0.25, 0.3) is 0 Å². The highest BCUT2D eigenvalue weighted by Gasteiger charge is 2.35. The molecule has 0 aliphatic heterocycles. The third kappa shape index (κ3) is 4.38. The SMILES string of the molecule is CCOC(=O)C(C)(C)CC(=O)C(C#N)c1nc(C(C)C)cs1. The lowest BCUT2D eigenvalue weighted by atomic mass is 9.84. The number of carbonyl (C=O) groups is 2. The van der Waals surface area contributed by atoms with Gasteiger partial charge in [0.15, 0.2) is 11.7 Å². The van der Waals surface area contributed by atoms with Gasteiger partial charge >= 0.3 is 5.97 Å². The third-order valence-electron chi connectivity index (χ3n) is 3.27. The molecule has 0 saturated carbocycles. The molecule has 1 aromatic rings. The van der Waals surface area contributed by atoms with E-state index in [1.165, 1.54) is 11.3 Å². The maximum absolute atomic E-state index is 12.4. The first-order valence-corrected chi connectivity index (χ1v) is 8.15. The molecule has 1 atom stereocenters. The van der Waals surface area contributed by atoms with Crippen LogP contribution in [0.3, 0.4) is 0 Å². The number of rotatable bonds is 7. The van der Waals surface area contributed by atoms with Gasteiger partial charge in [-0.05, 0) is 26.7 Å². The molecule has 120 valence electrons. The van der Waals surface area contributed by atoms with E-state index in [0.29, 0.717) is 5.01 Å². The largest absolute Gasteiger partial charge is 0.466 e. The van der Waals surface area contributed by atoms with Crippen LogP contribution in [-0.4, -0.2) is 23.3 Å². The molecule has 0 N–H and O–H groups in total. The summed E-state index contributed by atoms with van der Waals surface area (Å²) >= 11 is 1.31. The highest BCUT2D eigenvalue weighted by Crippen LogP contribution is 2.30. The minimum absolute atomic E-state index is 0.0410. The highest BCUT2D eigenvalue weighted by molar-refractivity contribution is 7.10. The van der Waals surface area contributed by atoms with Crippen LogP contribution in [-0.2, 0) is 14.3 Å². The van der Waals surface area contributed by atoms with Crippen molar-refractivity contribution in [2.75, 3.05) is 6.61 Å². The van der Waals surface area contributed by atoms with Gasteiger partial charge in [-0.2, -0.15) is 5.26 Å². The Morgan fingerprint density at radius 1 is 1.45 bits per heavy atom. The van der Waals surface area contributed by atoms with E-state index in [-0.39, 0.29) is 24.7 Å². The van der Waals surface area contributed by atoms with Gasteiger partial charge in [-0.25, -0.2) is 4.98 Å². The molecule has 0 amide bonds. The van der Waals surface area contributed by atoms with Crippen LogP contribution in [0, 0.1) is 16.7 Å². The zero-order valence-electron chi connectivity index (χ0n) is 13.7. The van der Waals surface area contributed by atoms with E-state index in [0.717, 1.165) is 5.69 Å². The van der Waals surface area contributed by atoms with E-state index in [4.69, 9.17) is 4.74 Å². The zero-order chi connectivity index (χ0) is 16.9. The number of hydrogen-bond donors (Lipinski definition) is 0. The molecule has 1 aromatic heterocycles. The summed E-state index contributed by atoms with van der Waals surface area (Å²) < 4.78 is 4.98. The van der Waals surface area contributed by atoms with Gasteiger partial charge in [0.25, 0.3) is 0 Å². The van der Waals surface area contributed by atoms with Gasteiger partial charge in [-0.15, -0.1) is 11.3 Å². The molecule has 5 nitrogen and oxygen atoms in total. The van der Waals surface area contributed by atoms with Crippen LogP contribution in [0.1, 0.15) is 63.6 Å². The molecule has 0 aliphatic carbocycles. The van der Waals surface area contributed by atoms with Crippen LogP contribution in [0.5, 0.6) is 0 Å². The molecule has 1 rings (SSSR count). The van der Waals surface area contributed by atoms with Crippen molar-refractivity contribution in [2.45, 2.75) is 52.9 Å². The summed E-state index contributed by atoms with van der Waals surface area (Å²) in [5.41, 5.74) is -0.0712. The third-order valence-corrected chi connectivity index (χ3v) is 4.20. The molecule has 0 radical (unpaired) electrons. The summed E-state index contributed by atoms with van der Waals surface area (Å²) in [6.07, 6.45) is -0.0410. The molecule has 0 aliphatic rings. The van der Waals surface area contributed by atoms with Gasteiger partial charge in [-0.3, -0.25) is 9.59 Å². The van der Waals surface area contributed by atoms with Crippen molar-refractivity contribution >= 4 is 23.1 Å². The minimum Gasteiger partial charge on any atom is -0.466 e. The smallest absolute Gasteiger partial charge is 0.311 e. The maximum atomic E-state index is 12.4. The Morgan fingerprint density at radius 2 is 2.09 bits per heavy atom. The topological polar surface area (TPSA) is 80.0 Å². The molecule has 0 bridgehead atoms. The van der Waals surface area contributed by atoms with E-state index in [2.05, 4.69) is 4.98 Å². The summed E-state index contributed by atoms with van der Waals surface area (Å²) in [6, 6.07) is 2.01. The van der Waals surface area contributed by atoms with Gasteiger partial charge in [0.2, 0.25) is 0 Å². The number of carbonyl (C=O) groups excluding carboxylic acids is 2. The lowest BCUT2D eigenvalue weighted by Gasteiger charge is -2.22. The molecular formula is C16H22N2O3S. The van der Waals surface area contributed by atoms with Gasteiger partial charge < -0.3 is 4.74 Å². The highest BCUT2D eigenvalue weighted by atomic mass is 32.1. The van der Waals surface area contributed by atoms with Crippen molar-refractivity contribution < 1.29 is 14.3 Å². The molecule has 0 fully saturated rings. The van der Waals surface area contributed by atoms with Crippen LogP contribution >= 0.6 is 11.3 Å². The Bertz CT molecular complexity index is 584. The maximum Gasteiger partial charge on any atom is 0.311 e. The molecule has 0 saturated heterocycles. The van der Waals surface area contributed by atoms with Crippen LogP contribution in [0.15, 0.2) is 5.38 Å². The van der Waals surface area contributed by atoms with Crippen LogP contribution in [0.2, 0.25) is 0 Å². The van der Waals surface area contributed by atoms with Gasteiger partial charge in [0, 0.05) is 11.8 Å². The van der Waals surface area contributed by atoms with Gasteiger partial charge in [0.05, 0.1) is 23.8 Å². The predicted octanol–water partition coefficient (Wildman–Crippen LogP) is 3.42. The Labute approximate surface area is 135 Å². The first kappa shape index (κ1) is 18.3. The van der Waals surface area contributed by atoms with Crippen molar-refractivity contribution in [1.29, 1.82) is 5.26 Å². The Morgan fingerprint density at radius 3 is 2.55 bits per heavy atom. The standard InChI is InChI=1S/C16H22N2O3S/c1-6-21-15(20)16(4,5)7-13(19)11(8-17)14-18-12(9-22-14)10(2)3/h9-11H,6-7H2,1-5H3. The molecule has 1 unspecified atom stereocenters. The number of ketones is 1. The van der Waals surface area contributed by atoms with E-state index in [1.54, 1.807) is 20.8 Å². The average Bonchev–Trinajstić information content (AvgIpc) is 2.89. The second kappa shape index (κ2) is 7.50. The molecule has 0 spiro atoms. The van der Waals surface area contributed by atoms with E-state index < -0.39 is 17.3 Å². The van der Waals surface area contributed by atoms with E-state index in [1.807, 2.05) is 25.3 Å². The fraction of sp³-hybridized carbons (Fsp3) is 0.625. The summed E-state index contributed by atoms with van der Waals surface area (Å²) in [4.78, 5) is 28.7. The number of nitriles is 1. The number of ether oxygens (including phenoxy) is 1. The number of aromatic nitrogens is 1. The number of esters is 1.